The molecule has 0 aromatic heterocycles. The highest BCUT2D eigenvalue weighted by Crippen LogP contribution is 2.21. The third-order valence-corrected chi connectivity index (χ3v) is 4.96. The number of hydrogen-bond donors (Lipinski definition) is 1. The summed E-state index contributed by atoms with van der Waals surface area (Å²) in [5.41, 5.74) is 0.927. The fourth-order valence-electron chi connectivity index (χ4n) is 2.27. The van der Waals surface area contributed by atoms with Gasteiger partial charge in [0, 0.05) is 17.8 Å². The highest BCUT2D eigenvalue weighted by molar-refractivity contribution is 7.91. The first-order valence-electron chi connectivity index (χ1n) is 6.79. The summed E-state index contributed by atoms with van der Waals surface area (Å²) < 4.78 is 28.8. The normalized spacial score (nSPS) is 21.8. The Labute approximate surface area is 115 Å². The third-order valence-electron chi connectivity index (χ3n) is 3.14. The van der Waals surface area contributed by atoms with Crippen LogP contribution in [0.1, 0.15) is 26.2 Å². The predicted molar refractivity (Wildman–Crippen MR) is 77.5 cm³/mol. The van der Waals surface area contributed by atoms with Crippen LogP contribution in [-0.2, 0) is 9.84 Å². The number of nitrogens with one attached hydrogen (secondary N) is 1. The molecule has 1 unspecified atom stereocenters. The Bertz CT molecular complexity index is 513. The van der Waals surface area contributed by atoms with E-state index < -0.39 is 9.84 Å². The van der Waals surface area contributed by atoms with E-state index in [1.54, 1.807) is 0 Å². The molecule has 0 saturated carbocycles. The van der Waals surface area contributed by atoms with Crippen molar-refractivity contribution in [1.29, 1.82) is 0 Å². The first-order valence-corrected chi connectivity index (χ1v) is 8.61. The van der Waals surface area contributed by atoms with Gasteiger partial charge in [-0.05, 0) is 31.4 Å². The van der Waals surface area contributed by atoms with Crippen LogP contribution < -0.4 is 10.1 Å². The lowest BCUT2D eigenvalue weighted by Crippen LogP contribution is -2.34. The minimum absolute atomic E-state index is 0.0141. The van der Waals surface area contributed by atoms with Crippen LogP contribution in [0.4, 0.5) is 5.69 Å². The van der Waals surface area contributed by atoms with Gasteiger partial charge in [-0.15, -0.1) is 0 Å². The lowest BCUT2D eigenvalue weighted by Gasteiger charge is -2.24. The summed E-state index contributed by atoms with van der Waals surface area (Å²) in [6, 6.07) is 7.72. The standard InChI is InChI=1S/C14H21NO3S/c1-2-8-18-14-7-3-5-12(10-14)15-13-6-4-9-19(16,17)11-13/h3,5,7,10,13,15H,2,4,6,8-9,11H2,1H3. The number of anilines is 1. The molecule has 0 bridgehead atoms. The molecule has 1 N–H and O–H groups in total. The second-order valence-electron chi connectivity index (χ2n) is 4.97. The average Bonchev–Trinajstić information content (AvgIpc) is 2.35. The van der Waals surface area contributed by atoms with Gasteiger partial charge in [-0.25, -0.2) is 8.42 Å². The van der Waals surface area contributed by atoms with Gasteiger partial charge in [0.2, 0.25) is 0 Å². The molecule has 1 atom stereocenters. The van der Waals surface area contributed by atoms with Crippen molar-refractivity contribution >= 4 is 15.5 Å². The largest absolute Gasteiger partial charge is 0.494 e. The molecule has 0 radical (unpaired) electrons. The Balaban J connectivity index is 1.98. The summed E-state index contributed by atoms with van der Waals surface area (Å²) >= 11 is 0. The van der Waals surface area contributed by atoms with E-state index in [0.717, 1.165) is 30.7 Å². The average molecular weight is 283 g/mol. The van der Waals surface area contributed by atoms with Crippen molar-refractivity contribution in [2.75, 3.05) is 23.4 Å². The highest BCUT2D eigenvalue weighted by atomic mass is 32.2. The van der Waals surface area contributed by atoms with Crippen LogP contribution in [0.5, 0.6) is 5.75 Å². The number of ether oxygens (including phenoxy) is 1. The topological polar surface area (TPSA) is 55.4 Å². The zero-order chi connectivity index (χ0) is 13.7. The number of hydrogen-bond acceptors (Lipinski definition) is 4. The van der Waals surface area contributed by atoms with Gasteiger partial charge in [-0.2, -0.15) is 0 Å². The first kappa shape index (κ1) is 14.2. The van der Waals surface area contributed by atoms with Crippen LogP contribution in [0.3, 0.4) is 0 Å². The van der Waals surface area contributed by atoms with Crippen LogP contribution in [0.25, 0.3) is 0 Å². The molecular formula is C14H21NO3S. The van der Waals surface area contributed by atoms with E-state index in [1.807, 2.05) is 24.3 Å². The lowest BCUT2D eigenvalue weighted by atomic mass is 10.1. The van der Waals surface area contributed by atoms with Gasteiger partial charge < -0.3 is 10.1 Å². The van der Waals surface area contributed by atoms with Gasteiger partial charge in [-0.1, -0.05) is 13.0 Å². The Morgan fingerprint density at radius 1 is 1.42 bits per heavy atom. The van der Waals surface area contributed by atoms with Gasteiger partial charge in [0.25, 0.3) is 0 Å². The second-order valence-corrected chi connectivity index (χ2v) is 7.20. The van der Waals surface area contributed by atoms with Crippen molar-refractivity contribution in [1.82, 2.24) is 0 Å². The summed E-state index contributed by atoms with van der Waals surface area (Å²) in [6.45, 7) is 2.76. The molecule has 1 aliphatic heterocycles. The first-order chi connectivity index (χ1) is 9.09. The van der Waals surface area contributed by atoms with E-state index in [0.29, 0.717) is 12.4 Å². The molecule has 4 nitrogen and oxygen atoms in total. The Morgan fingerprint density at radius 2 is 2.26 bits per heavy atom. The van der Waals surface area contributed by atoms with E-state index in [2.05, 4.69) is 12.2 Å². The molecule has 5 heteroatoms. The molecule has 1 aromatic carbocycles. The van der Waals surface area contributed by atoms with Crippen molar-refractivity contribution in [3.63, 3.8) is 0 Å². The fourth-order valence-corrected chi connectivity index (χ4v) is 3.90. The van der Waals surface area contributed by atoms with Crippen LogP contribution >= 0.6 is 0 Å². The number of rotatable bonds is 5. The summed E-state index contributed by atoms with van der Waals surface area (Å²) in [7, 11) is -2.87. The van der Waals surface area contributed by atoms with Gasteiger partial charge in [0.15, 0.2) is 9.84 Å². The Hall–Kier alpha value is -1.23. The maximum atomic E-state index is 11.6. The zero-order valence-corrected chi connectivity index (χ0v) is 12.1. The molecular weight excluding hydrogens is 262 g/mol. The fraction of sp³-hybridized carbons (Fsp3) is 0.571. The maximum absolute atomic E-state index is 11.6. The zero-order valence-electron chi connectivity index (χ0n) is 11.3. The molecule has 2 rings (SSSR count). The second kappa shape index (κ2) is 6.28. The van der Waals surface area contributed by atoms with Crippen LogP contribution in [0.15, 0.2) is 24.3 Å². The molecule has 106 valence electrons. The van der Waals surface area contributed by atoms with Gasteiger partial charge in [0.05, 0.1) is 18.1 Å². The van der Waals surface area contributed by atoms with Crippen molar-refractivity contribution < 1.29 is 13.2 Å². The van der Waals surface area contributed by atoms with Gasteiger partial charge >= 0.3 is 0 Å². The van der Waals surface area contributed by atoms with Gasteiger partial charge in [-0.3, -0.25) is 0 Å². The molecule has 0 spiro atoms. The minimum Gasteiger partial charge on any atom is -0.494 e. The van der Waals surface area contributed by atoms with E-state index in [4.69, 9.17) is 4.74 Å². The van der Waals surface area contributed by atoms with Gasteiger partial charge in [0.1, 0.15) is 5.75 Å². The van der Waals surface area contributed by atoms with Crippen LogP contribution in [-0.4, -0.2) is 32.6 Å². The van der Waals surface area contributed by atoms with Crippen molar-refractivity contribution in [2.45, 2.75) is 32.2 Å². The summed E-state index contributed by atoms with van der Waals surface area (Å²) in [6.07, 6.45) is 2.61. The quantitative estimate of drug-likeness (QED) is 0.902. The number of sulfone groups is 1. The molecule has 1 heterocycles. The van der Waals surface area contributed by atoms with Crippen molar-refractivity contribution in [3.05, 3.63) is 24.3 Å². The smallest absolute Gasteiger partial charge is 0.152 e. The van der Waals surface area contributed by atoms with Crippen molar-refractivity contribution in [2.24, 2.45) is 0 Å². The van der Waals surface area contributed by atoms with E-state index in [1.165, 1.54) is 0 Å². The Morgan fingerprint density at radius 3 is 3.00 bits per heavy atom. The molecule has 1 saturated heterocycles. The molecule has 1 fully saturated rings. The van der Waals surface area contributed by atoms with Crippen LogP contribution in [0.2, 0.25) is 0 Å². The van der Waals surface area contributed by atoms with Crippen molar-refractivity contribution in [3.8, 4) is 5.75 Å². The monoisotopic (exact) mass is 283 g/mol. The molecule has 0 amide bonds. The molecule has 1 aromatic rings. The highest BCUT2D eigenvalue weighted by Gasteiger charge is 2.24. The summed E-state index contributed by atoms with van der Waals surface area (Å²) in [4.78, 5) is 0. The molecule has 0 aliphatic carbocycles. The van der Waals surface area contributed by atoms with E-state index in [9.17, 15) is 8.42 Å². The molecule has 1 aliphatic rings. The minimum atomic E-state index is -2.87. The van der Waals surface area contributed by atoms with E-state index >= 15 is 0 Å². The lowest BCUT2D eigenvalue weighted by molar-refractivity contribution is 0.317. The summed E-state index contributed by atoms with van der Waals surface area (Å²) in [5, 5.41) is 3.29. The predicted octanol–water partition coefficient (Wildman–Crippen LogP) is 2.46. The Kier molecular flexibility index (Phi) is 4.69. The van der Waals surface area contributed by atoms with E-state index in [-0.39, 0.29) is 11.8 Å². The summed E-state index contributed by atoms with van der Waals surface area (Å²) in [5.74, 6) is 1.38. The molecule has 19 heavy (non-hydrogen) atoms. The third kappa shape index (κ3) is 4.42. The SMILES string of the molecule is CCCOc1cccc(NC2CCCS(=O)(=O)C2)c1. The number of benzene rings is 1. The maximum Gasteiger partial charge on any atom is 0.152 e. The van der Waals surface area contributed by atoms with Crippen LogP contribution in [0, 0.1) is 0 Å².